The van der Waals surface area contributed by atoms with E-state index >= 15 is 0 Å². The van der Waals surface area contributed by atoms with Gasteiger partial charge in [0.2, 0.25) is 0 Å². The number of hydrogen-bond donors (Lipinski definition) is 2. The zero-order valence-corrected chi connectivity index (χ0v) is 17.5. The average Bonchev–Trinajstić information content (AvgIpc) is 2.94. The number of hydrogen-bond acceptors (Lipinski definition) is 2. The number of rotatable bonds is 1. The van der Waals surface area contributed by atoms with Gasteiger partial charge in [-0.2, -0.15) is 0 Å². The standard InChI is InChI=1S/C26H36O2/c1-25-12-10-20(27)16-19(25)8-9-21-22(25)11-13-26(2)23(21)15-18(24(26)28)14-17-6-4-3-5-7-17/h3-7,14,19-24,27-28H,8-13,15-16H2,1-2H3/b18-14-/t19-,20+,21+,22-,23-,24-,25-,26-/m1/s1. The Hall–Kier alpha value is -1.12. The molecule has 0 heterocycles. The fraction of sp³-hybridized carbons (Fsp3) is 0.692. The summed E-state index contributed by atoms with van der Waals surface area (Å²) in [6.45, 7) is 4.90. The normalized spacial score (nSPS) is 49.4. The van der Waals surface area contributed by atoms with Gasteiger partial charge in [0.1, 0.15) is 0 Å². The van der Waals surface area contributed by atoms with Gasteiger partial charge in [0.15, 0.2) is 0 Å². The van der Waals surface area contributed by atoms with Gasteiger partial charge in [0, 0.05) is 5.41 Å². The first-order valence-corrected chi connectivity index (χ1v) is 11.5. The molecule has 2 heteroatoms. The lowest BCUT2D eigenvalue weighted by molar-refractivity contribution is -0.133. The van der Waals surface area contributed by atoms with Crippen molar-refractivity contribution in [3.05, 3.63) is 41.5 Å². The lowest BCUT2D eigenvalue weighted by atomic mass is 9.45. The molecule has 0 unspecified atom stereocenters. The van der Waals surface area contributed by atoms with Crippen molar-refractivity contribution in [2.45, 2.75) is 77.4 Å². The van der Waals surface area contributed by atoms with Gasteiger partial charge < -0.3 is 10.2 Å². The van der Waals surface area contributed by atoms with Gasteiger partial charge in [-0.1, -0.05) is 50.3 Å². The smallest absolute Gasteiger partial charge is 0.0809 e. The second kappa shape index (κ2) is 6.71. The molecule has 0 amide bonds. The lowest BCUT2D eigenvalue weighted by Gasteiger charge is -2.60. The van der Waals surface area contributed by atoms with Crippen molar-refractivity contribution >= 4 is 6.08 Å². The molecular weight excluding hydrogens is 344 g/mol. The highest BCUT2D eigenvalue weighted by Gasteiger charge is 2.61. The summed E-state index contributed by atoms with van der Waals surface area (Å²) in [5.74, 6) is 2.83. The summed E-state index contributed by atoms with van der Waals surface area (Å²) in [6.07, 6.45) is 11.1. The Morgan fingerprint density at radius 2 is 1.64 bits per heavy atom. The van der Waals surface area contributed by atoms with Crippen LogP contribution in [0.15, 0.2) is 35.9 Å². The van der Waals surface area contributed by atoms with E-state index in [0.717, 1.165) is 37.5 Å². The average molecular weight is 381 g/mol. The second-order valence-corrected chi connectivity index (χ2v) is 10.9. The summed E-state index contributed by atoms with van der Waals surface area (Å²) >= 11 is 0. The minimum atomic E-state index is -0.294. The third-order valence-electron chi connectivity index (χ3n) is 9.66. The van der Waals surface area contributed by atoms with Gasteiger partial charge in [0.25, 0.3) is 0 Å². The van der Waals surface area contributed by atoms with E-state index in [0.29, 0.717) is 17.3 Å². The van der Waals surface area contributed by atoms with E-state index < -0.39 is 0 Å². The molecule has 5 rings (SSSR count). The van der Waals surface area contributed by atoms with Crippen LogP contribution in [0.25, 0.3) is 6.08 Å². The summed E-state index contributed by atoms with van der Waals surface area (Å²) in [7, 11) is 0. The first-order valence-electron chi connectivity index (χ1n) is 11.5. The van der Waals surface area contributed by atoms with Gasteiger partial charge in [-0.05, 0) is 91.6 Å². The maximum absolute atomic E-state index is 11.3. The second-order valence-electron chi connectivity index (χ2n) is 10.9. The van der Waals surface area contributed by atoms with Crippen molar-refractivity contribution in [3.63, 3.8) is 0 Å². The Morgan fingerprint density at radius 3 is 2.43 bits per heavy atom. The van der Waals surface area contributed by atoms with Gasteiger partial charge >= 0.3 is 0 Å². The molecule has 0 saturated heterocycles. The van der Waals surface area contributed by atoms with E-state index in [1.807, 2.05) is 0 Å². The van der Waals surface area contributed by atoms with E-state index in [-0.39, 0.29) is 17.6 Å². The molecule has 8 atom stereocenters. The van der Waals surface area contributed by atoms with Gasteiger partial charge in [-0.25, -0.2) is 0 Å². The minimum Gasteiger partial charge on any atom is -0.393 e. The van der Waals surface area contributed by atoms with Crippen molar-refractivity contribution in [2.24, 2.45) is 34.5 Å². The topological polar surface area (TPSA) is 40.5 Å². The van der Waals surface area contributed by atoms with E-state index in [1.54, 1.807) is 0 Å². The highest BCUT2D eigenvalue weighted by molar-refractivity contribution is 5.55. The van der Waals surface area contributed by atoms with Crippen LogP contribution in [-0.2, 0) is 0 Å². The third-order valence-corrected chi connectivity index (χ3v) is 9.66. The minimum absolute atomic E-state index is 0.0408. The molecule has 4 saturated carbocycles. The summed E-state index contributed by atoms with van der Waals surface area (Å²) in [6, 6.07) is 10.5. The monoisotopic (exact) mass is 380 g/mol. The van der Waals surface area contributed by atoms with Crippen molar-refractivity contribution < 1.29 is 10.2 Å². The first-order chi connectivity index (χ1) is 13.4. The van der Waals surface area contributed by atoms with Gasteiger partial charge in [0.05, 0.1) is 12.2 Å². The molecule has 1 aromatic rings. The molecule has 4 fully saturated rings. The number of fused-ring (bicyclic) bond motifs is 5. The van der Waals surface area contributed by atoms with E-state index in [9.17, 15) is 10.2 Å². The van der Waals surface area contributed by atoms with Crippen LogP contribution >= 0.6 is 0 Å². The van der Waals surface area contributed by atoms with E-state index in [4.69, 9.17) is 0 Å². The molecule has 0 radical (unpaired) electrons. The van der Waals surface area contributed by atoms with Crippen LogP contribution in [0.5, 0.6) is 0 Å². The van der Waals surface area contributed by atoms with Crippen LogP contribution < -0.4 is 0 Å². The number of benzene rings is 1. The molecule has 28 heavy (non-hydrogen) atoms. The van der Waals surface area contributed by atoms with Crippen molar-refractivity contribution in [1.29, 1.82) is 0 Å². The fourth-order valence-electron chi connectivity index (χ4n) is 8.00. The SMILES string of the molecule is C[C@@]12CC[C@@H]3[C@H](CC[C@@H]4C[C@@H](O)CC[C@]43C)[C@H]1C/C(=C/c1ccccc1)[C@H]2O. The van der Waals surface area contributed by atoms with Crippen molar-refractivity contribution in [3.8, 4) is 0 Å². The molecule has 2 nitrogen and oxygen atoms in total. The Kier molecular flexibility index (Phi) is 4.52. The number of aliphatic hydroxyl groups excluding tert-OH is 2. The molecule has 0 spiro atoms. The lowest BCUT2D eigenvalue weighted by Crippen LogP contribution is -2.54. The van der Waals surface area contributed by atoms with Crippen LogP contribution in [0.2, 0.25) is 0 Å². The highest BCUT2D eigenvalue weighted by atomic mass is 16.3. The van der Waals surface area contributed by atoms with Crippen LogP contribution in [0.1, 0.15) is 70.8 Å². The molecule has 1 aromatic carbocycles. The first kappa shape index (κ1) is 18.9. The maximum atomic E-state index is 11.3. The predicted octanol–water partition coefficient (Wildman–Crippen LogP) is 5.44. The number of aliphatic hydroxyl groups is 2. The molecular formula is C26H36O2. The highest BCUT2D eigenvalue weighted by Crippen LogP contribution is 2.67. The molecule has 152 valence electrons. The summed E-state index contributed by atoms with van der Waals surface area (Å²) in [4.78, 5) is 0. The zero-order valence-electron chi connectivity index (χ0n) is 17.5. The Labute approximate surface area is 170 Å². The van der Waals surface area contributed by atoms with Crippen LogP contribution in [0.4, 0.5) is 0 Å². The summed E-state index contributed by atoms with van der Waals surface area (Å²) in [5.41, 5.74) is 2.91. The largest absolute Gasteiger partial charge is 0.393 e. The van der Waals surface area contributed by atoms with Gasteiger partial charge in [-0.15, -0.1) is 0 Å². The Balaban J connectivity index is 1.44. The van der Waals surface area contributed by atoms with Crippen molar-refractivity contribution in [1.82, 2.24) is 0 Å². The molecule has 4 aliphatic carbocycles. The summed E-state index contributed by atoms with van der Waals surface area (Å²) in [5, 5.41) is 21.5. The molecule has 0 bridgehead atoms. The fourth-order valence-corrected chi connectivity index (χ4v) is 8.00. The van der Waals surface area contributed by atoms with Gasteiger partial charge in [-0.3, -0.25) is 0 Å². The van der Waals surface area contributed by atoms with E-state index in [1.165, 1.54) is 36.8 Å². The molecule has 2 N–H and O–H groups in total. The summed E-state index contributed by atoms with van der Waals surface area (Å²) < 4.78 is 0. The quantitative estimate of drug-likeness (QED) is 0.680. The van der Waals surface area contributed by atoms with Crippen LogP contribution in [-0.4, -0.2) is 22.4 Å². The predicted molar refractivity (Wildman–Crippen MR) is 114 cm³/mol. The molecule has 0 aromatic heterocycles. The van der Waals surface area contributed by atoms with E-state index in [2.05, 4.69) is 50.3 Å². The molecule has 0 aliphatic heterocycles. The van der Waals surface area contributed by atoms with Crippen LogP contribution in [0.3, 0.4) is 0 Å². The molecule has 4 aliphatic rings. The Bertz CT molecular complexity index is 755. The third kappa shape index (κ3) is 2.75. The van der Waals surface area contributed by atoms with Crippen molar-refractivity contribution in [2.75, 3.05) is 0 Å². The Morgan fingerprint density at radius 1 is 0.893 bits per heavy atom. The van der Waals surface area contributed by atoms with Crippen LogP contribution in [0, 0.1) is 34.5 Å². The maximum Gasteiger partial charge on any atom is 0.0809 e. The zero-order chi connectivity index (χ0) is 19.5.